The fraction of sp³-hybridized carbons (Fsp3) is 0.290. The molecule has 2 amide bonds. The van der Waals surface area contributed by atoms with Gasteiger partial charge in [-0.25, -0.2) is 4.79 Å². The van der Waals surface area contributed by atoms with E-state index < -0.39 is 53.9 Å². The van der Waals surface area contributed by atoms with Crippen molar-refractivity contribution in [3.8, 4) is 6.01 Å². The van der Waals surface area contributed by atoms with Crippen LogP contribution in [0.1, 0.15) is 40.7 Å². The number of hydrogen-bond donors (Lipinski definition) is 6. The molecule has 6 N–H and O–H groups in total. The van der Waals surface area contributed by atoms with Gasteiger partial charge < -0.3 is 31.1 Å². The number of H-pyrrole nitrogens is 1. The van der Waals surface area contributed by atoms with Gasteiger partial charge in [0, 0.05) is 35.4 Å². The van der Waals surface area contributed by atoms with Crippen molar-refractivity contribution >= 4 is 52.8 Å². The van der Waals surface area contributed by atoms with Gasteiger partial charge in [-0.15, -0.1) is 0 Å². The Morgan fingerprint density at radius 2 is 1.70 bits per heavy atom. The van der Waals surface area contributed by atoms with Gasteiger partial charge in [0.15, 0.2) is 6.61 Å². The maximum absolute atomic E-state index is 12.9. The smallest absolute Gasteiger partial charge is 0.422 e. The molecule has 15 nitrogen and oxygen atoms in total. The molecule has 19 heteroatoms. The predicted molar refractivity (Wildman–Crippen MR) is 171 cm³/mol. The Kier molecular flexibility index (Phi) is 10.8. The summed E-state index contributed by atoms with van der Waals surface area (Å²) in [6, 6.07) is 10.7. The number of carboxylic acids is 1. The number of amides is 2. The van der Waals surface area contributed by atoms with Crippen LogP contribution in [0.15, 0.2) is 60.9 Å². The molecule has 1 aliphatic rings. The van der Waals surface area contributed by atoms with Crippen LogP contribution in [0.25, 0.3) is 0 Å². The average molecular weight is 716 g/mol. The van der Waals surface area contributed by atoms with Crippen molar-refractivity contribution < 1.29 is 42.2 Å². The van der Waals surface area contributed by atoms with E-state index in [1.165, 1.54) is 36.7 Å². The maximum atomic E-state index is 12.9. The van der Waals surface area contributed by atoms with Crippen molar-refractivity contribution in [3.63, 3.8) is 0 Å². The zero-order chi connectivity index (χ0) is 35.9. The Bertz CT molecular complexity index is 1840. The van der Waals surface area contributed by atoms with Crippen molar-refractivity contribution in [2.45, 2.75) is 43.4 Å². The van der Waals surface area contributed by atoms with Gasteiger partial charge >= 0.3 is 18.2 Å². The summed E-state index contributed by atoms with van der Waals surface area (Å²) in [7, 11) is 0. The number of Topliss-reactive ketones (excluding diaryl/α,β-unsaturated/α-hetero) is 1. The van der Waals surface area contributed by atoms with Crippen LogP contribution in [0, 0.1) is 0 Å². The van der Waals surface area contributed by atoms with E-state index in [4.69, 9.17) is 16.3 Å². The Hall–Kier alpha value is -5.78. The number of carbonyl (C=O) groups excluding carboxylic acids is 3. The van der Waals surface area contributed by atoms with Gasteiger partial charge in [-0.2, -0.15) is 33.2 Å². The van der Waals surface area contributed by atoms with Crippen molar-refractivity contribution in [1.29, 1.82) is 0 Å². The van der Waals surface area contributed by atoms with Crippen LogP contribution in [0.2, 0.25) is 5.02 Å². The Balaban J connectivity index is 1.21. The summed E-state index contributed by atoms with van der Waals surface area (Å²) < 4.78 is 43.5. The lowest BCUT2D eigenvalue weighted by Crippen LogP contribution is -2.43. The average Bonchev–Trinajstić information content (AvgIpc) is 3.66. The van der Waals surface area contributed by atoms with E-state index in [1.807, 2.05) is 12.1 Å². The number of nitrogens with one attached hydrogen (secondary N) is 5. The molecule has 4 aromatic rings. The number of ether oxygens (including phenoxy) is 1. The second kappa shape index (κ2) is 15.2. The summed E-state index contributed by atoms with van der Waals surface area (Å²) >= 11 is 6.01. The van der Waals surface area contributed by atoms with Crippen LogP contribution in [-0.2, 0) is 26.3 Å². The van der Waals surface area contributed by atoms with Gasteiger partial charge in [-0.1, -0.05) is 23.7 Å². The molecule has 2 aromatic carbocycles. The summed E-state index contributed by atoms with van der Waals surface area (Å²) in [5.41, 5.74) is 1.24. The van der Waals surface area contributed by atoms with E-state index in [0.29, 0.717) is 29.1 Å². The third-order valence-corrected chi connectivity index (χ3v) is 7.63. The number of carbonyl (C=O) groups is 4. The molecule has 2 aromatic heterocycles. The standard InChI is InChI=1S/C31H29ClF3N9O6/c32-20-5-3-19(4-6-20)30(10-11-30)44-28-41-27(42-29(43-28)50-16-31(33,34)35)39-21-7-1-18(2-8-21)24(46)40-22(26(48)49)9-12-36-25(47)23(45)13-17-14-37-38-15-17/h1-8,14-15,22H,9-13,16H2,(H,36,47)(H,37,38)(H,40,46)(H,48,49)(H2,39,41,42,43,44)/t22-/m0/s1. The number of aromatic amines is 1. The molecular weight excluding hydrogens is 687 g/mol. The van der Waals surface area contributed by atoms with E-state index in [1.54, 1.807) is 12.1 Å². The fourth-order valence-electron chi connectivity index (χ4n) is 4.67. The monoisotopic (exact) mass is 715 g/mol. The van der Waals surface area contributed by atoms with E-state index in [-0.39, 0.29) is 36.8 Å². The van der Waals surface area contributed by atoms with Crippen molar-refractivity contribution in [2.75, 3.05) is 23.8 Å². The van der Waals surface area contributed by atoms with Crippen LogP contribution in [-0.4, -0.2) is 79.2 Å². The highest BCUT2D eigenvalue weighted by atomic mass is 35.5. The molecule has 0 saturated heterocycles. The number of anilines is 3. The first-order chi connectivity index (χ1) is 23.8. The van der Waals surface area contributed by atoms with Crippen LogP contribution in [0.3, 0.4) is 0 Å². The van der Waals surface area contributed by atoms with Crippen molar-refractivity contribution in [1.82, 2.24) is 35.8 Å². The van der Waals surface area contributed by atoms with Crippen LogP contribution >= 0.6 is 11.6 Å². The Morgan fingerprint density at radius 1 is 1.00 bits per heavy atom. The third-order valence-electron chi connectivity index (χ3n) is 7.38. The zero-order valence-electron chi connectivity index (χ0n) is 25.9. The molecule has 0 radical (unpaired) electrons. The van der Waals surface area contributed by atoms with E-state index >= 15 is 0 Å². The summed E-state index contributed by atoms with van der Waals surface area (Å²) in [4.78, 5) is 60.9. The molecule has 1 saturated carbocycles. The summed E-state index contributed by atoms with van der Waals surface area (Å²) in [6.07, 6.45) is -0.768. The second-order valence-electron chi connectivity index (χ2n) is 11.2. The highest BCUT2D eigenvalue weighted by Gasteiger charge is 2.45. The SMILES string of the molecule is O=C(Cc1cn[nH]c1)C(=O)NCC[C@H](NC(=O)c1ccc(Nc2nc(NC3(c4ccc(Cl)cc4)CC3)nc(OCC(F)(F)F)n2)cc1)C(=O)O. The van der Waals surface area contributed by atoms with Crippen molar-refractivity contribution in [3.05, 3.63) is 82.6 Å². The molecule has 262 valence electrons. The predicted octanol–water partition coefficient (Wildman–Crippen LogP) is 3.54. The van der Waals surface area contributed by atoms with Gasteiger partial charge in [-0.05, 0) is 66.8 Å². The Labute approximate surface area is 286 Å². The molecule has 50 heavy (non-hydrogen) atoms. The van der Waals surface area contributed by atoms with Gasteiger partial charge in [0.25, 0.3) is 11.8 Å². The molecule has 1 aliphatic carbocycles. The zero-order valence-corrected chi connectivity index (χ0v) is 26.6. The molecule has 1 atom stereocenters. The molecule has 1 fully saturated rings. The molecule has 0 bridgehead atoms. The maximum Gasteiger partial charge on any atom is 0.422 e. The van der Waals surface area contributed by atoms with E-state index in [0.717, 1.165) is 5.56 Å². The number of carboxylic acid groups (broad SMARTS) is 1. The topological polar surface area (TPSA) is 213 Å². The summed E-state index contributed by atoms with van der Waals surface area (Å²) in [6.45, 7) is -1.83. The normalized spacial score (nSPS) is 13.8. The first-order valence-electron chi connectivity index (χ1n) is 15.0. The minimum Gasteiger partial charge on any atom is -0.480 e. The minimum absolute atomic E-state index is 0.0404. The second-order valence-corrected chi connectivity index (χ2v) is 11.6. The number of hydrogen-bond acceptors (Lipinski definition) is 11. The van der Waals surface area contributed by atoms with Crippen LogP contribution in [0.5, 0.6) is 6.01 Å². The summed E-state index contributed by atoms with van der Waals surface area (Å²) in [5, 5.41) is 27.1. The summed E-state index contributed by atoms with van der Waals surface area (Å²) in [5.74, 6) is -3.93. The molecule has 0 unspecified atom stereocenters. The number of aliphatic carboxylic acids is 1. The third kappa shape index (κ3) is 9.88. The number of benzene rings is 2. The number of ketones is 1. The lowest BCUT2D eigenvalue weighted by molar-refractivity contribution is -0.154. The lowest BCUT2D eigenvalue weighted by atomic mass is 10.1. The van der Waals surface area contributed by atoms with Gasteiger partial charge in [0.2, 0.25) is 17.7 Å². The highest BCUT2D eigenvalue weighted by molar-refractivity contribution is 6.36. The number of rotatable bonds is 16. The minimum atomic E-state index is -4.64. The molecule has 0 aliphatic heterocycles. The Morgan fingerprint density at radius 3 is 2.32 bits per heavy atom. The lowest BCUT2D eigenvalue weighted by Gasteiger charge is -2.19. The van der Waals surface area contributed by atoms with Gasteiger partial charge in [0.05, 0.1) is 11.7 Å². The number of halogens is 4. The van der Waals surface area contributed by atoms with Crippen LogP contribution < -0.4 is 26.0 Å². The number of aromatic nitrogens is 5. The molecule has 0 spiro atoms. The van der Waals surface area contributed by atoms with E-state index in [2.05, 4.69) is 46.4 Å². The quantitative estimate of drug-likeness (QED) is 0.0920. The first kappa shape index (κ1) is 35.5. The van der Waals surface area contributed by atoms with E-state index in [9.17, 15) is 37.5 Å². The van der Waals surface area contributed by atoms with Gasteiger partial charge in [0.1, 0.15) is 6.04 Å². The fourth-order valence-corrected chi connectivity index (χ4v) is 4.80. The molecule has 2 heterocycles. The molecule has 5 rings (SSSR count). The highest BCUT2D eigenvalue weighted by Crippen LogP contribution is 2.48. The van der Waals surface area contributed by atoms with Crippen LogP contribution in [0.4, 0.5) is 30.8 Å². The number of nitrogens with zero attached hydrogens (tertiary/aromatic N) is 4. The van der Waals surface area contributed by atoms with Crippen molar-refractivity contribution in [2.24, 2.45) is 0 Å². The largest absolute Gasteiger partial charge is 0.480 e. The number of alkyl halides is 3. The first-order valence-corrected chi connectivity index (χ1v) is 15.4. The van der Waals surface area contributed by atoms with Gasteiger partial charge in [-0.3, -0.25) is 19.5 Å². The molecular formula is C31H29ClF3N9O6.